The molecule has 102 valence electrons. The number of thiocarbonyl (C=S) groups is 1. The second-order valence-electron chi connectivity index (χ2n) is 5.73. The molecule has 1 aromatic carbocycles. The first kappa shape index (κ1) is 12.7. The summed E-state index contributed by atoms with van der Waals surface area (Å²) in [5.41, 5.74) is 7.28. The first-order valence-corrected chi connectivity index (χ1v) is 7.35. The molecule has 0 aromatic heterocycles. The summed E-state index contributed by atoms with van der Waals surface area (Å²) in [5, 5.41) is 0. The summed E-state index contributed by atoms with van der Waals surface area (Å²) in [7, 11) is 0. The number of para-hydroxylation sites is 2. The minimum absolute atomic E-state index is 0.323. The van der Waals surface area contributed by atoms with Gasteiger partial charge in [0.05, 0.1) is 17.3 Å². The summed E-state index contributed by atoms with van der Waals surface area (Å²) in [6.07, 6.45) is 4.42. The van der Waals surface area contributed by atoms with Crippen LogP contribution >= 0.6 is 12.2 Å². The predicted molar refractivity (Wildman–Crippen MR) is 81.8 cm³/mol. The number of rotatable bonds is 4. The molecule has 1 fully saturated rings. The standard InChI is InChI=1S/C15H20N2OS/c16-14(19)10-15(6-7-15)11-17-8-3-9-18-13-5-2-1-4-12(13)17/h1-2,4-5H,3,6-11H2,(H2,16,19). The molecule has 0 amide bonds. The van der Waals surface area contributed by atoms with Crippen molar-refractivity contribution in [3.8, 4) is 5.75 Å². The second kappa shape index (κ2) is 5.00. The first-order valence-electron chi connectivity index (χ1n) is 6.94. The lowest BCUT2D eigenvalue weighted by atomic mass is 10.0. The van der Waals surface area contributed by atoms with E-state index in [9.17, 15) is 0 Å². The Kier molecular flexibility index (Phi) is 3.35. The lowest BCUT2D eigenvalue weighted by Gasteiger charge is -2.28. The zero-order chi connectivity index (χ0) is 13.3. The fraction of sp³-hybridized carbons (Fsp3) is 0.533. The smallest absolute Gasteiger partial charge is 0.142 e. The molecule has 0 radical (unpaired) electrons. The van der Waals surface area contributed by atoms with Crippen LogP contribution in [0, 0.1) is 5.41 Å². The molecule has 1 aromatic rings. The van der Waals surface area contributed by atoms with Gasteiger partial charge < -0.3 is 15.4 Å². The maximum absolute atomic E-state index is 5.80. The molecular weight excluding hydrogens is 256 g/mol. The molecule has 0 unspecified atom stereocenters. The predicted octanol–water partition coefficient (Wildman–Crippen LogP) is 2.73. The summed E-state index contributed by atoms with van der Waals surface area (Å²) in [6, 6.07) is 8.32. The number of fused-ring (bicyclic) bond motifs is 1. The van der Waals surface area contributed by atoms with E-state index in [1.807, 2.05) is 6.07 Å². The number of benzene rings is 1. The highest BCUT2D eigenvalue weighted by Gasteiger charge is 2.44. The van der Waals surface area contributed by atoms with Crippen molar-refractivity contribution in [1.82, 2.24) is 0 Å². The van der Waals surface area contributed by atoms with Crippen LogP contribution in [0.3, 0.4) is 0 Å². The Morgan fingerprint density at radius 3 is 2.89 bits per heavy atom. The van der Waals surface area contributed by atoms with E-state index in [0.717, 1.165) is 38.3 Å². The Morgan fingerprint density at radius 1 is 1.37 bits per heavy atom. The molecule has 1 aliphatic carbocycles. The molecule has 0 saturated heterocycles. The molecule has 0 atom stereocenters. The van der Waals surface area contributed by atoms with E-state index in [2.05, 4.69) is 23.1 Å². The van der Waals surface area contributed by atoms with Crippen molar-refractivity contribution in [3.63, 3.8) is 0 Å². The van der Waals surface area contributed by atoms with Crippen LogP contribution in [0.25, 0.3) is 0 Å². The van der Waals surface area contributed by atoms with Crippen LogP contribution in [0.4, 0.5) is 5.69 Å². The van der Waals surface area contributed by atoms with Gasteiger partial charge in [0.1, 0.15) is 5.75 Å². The average molecular weight is 276 g/mol. The minimum Gasteiger partial charge on any atom is -0.491 e. The number of nitrogens with two attached hydrogens (primary N) is 1. The zero-order valence-electron chi connectivity index (χ0n) is 11.1. The highest BCUT2D eigenvalue weighted by Crippen LogP contribution is 2.50. The third-order valence-corrected chi connectivity index (χ3v) is 4.21. The third-order valence-electron chi connectivity index (χ3n) is 4.07. The van der Waals surface area contributed by atoms with Gasteiger partial charge in [0.15, 0.2) is 0 Å². The first-order chi connectivity index (χ1) is 9.19. The Bertz CT molecular complexity index is 485. The van der Waals surface area contributed by atoms with Crippen LogP contribution in [0.5, 0.6) is 5.75 Å². The van der Waals surface area contributed by atoms with E-state index in [0.29, 0.717) is 10.4 Å². The molecule has 1 heterocycles. The van der Waals surface area contributed by atoms with E-state index < -0.39 is 0 Å². The highest BCUT2D eigenvalue weighted by atomic mass is 32.1. The number of nitrogens with zero attached hydrogens (tertiary/aromatic N) is 1. The van der Waals surface area contributed by atoms with Crippen LogP contribution in [-0.2, 0) is 0 Å². The van der Waals surface area contributed by atoms with Gasteiger partial charge >= 0.3 is 0 Å². The van der Waals surface area contributed by atoms with E-state index in [-0.39, 0.29) is 0 Å². The summed E-state index contributed by atoms with van der Waals surface area (Å²) < 4.78 is 5.80. The van der Waals surface area contributed by atoms with Crippen molar-refractivity contribution in [2.75, 3.05) is 24.6 Å². The van der Waals surface area contributed by atoms with Crippen molar-refractivity contribution in [3.05, 3.63) is 24.3 Å². The molecule has 2 N–H and O–H groups in total. The summed E-state index contributed by atoms with van der Waals surface area (Å²) in [6.45, 7) is 2.90. The number of hydrogen-bond donors (Lipinski definition) is 1. The molecule has 1 saturated carbocycles. The number of anilines is 1. The fourth-order valence-corrected chi connectivity index (χ4v) is 3.21. The van der Waals surface area contributed by atoms with E-state index in [1.54, 1.807) is 0 Å². The molecule has 4 heteroatoms. The molecule has 0 spiro atoms. The van der Waals surface area contributed by atoms with E-state index in [1.165, 1.54) is 18.5 Å². The zero-order valence-corrected chi connectivity index (χ0v) is 11.9. The topological polar surface area (TPSA) is 38.5 Å². The quantitative estimate of drug-likeness (QED) is 0.858. The highest BCUT2D eigenvalue weighted by molar-refractivity contribution is 7.80. The summed E-state index contributed by atoms with van der Waals surface area (Å²) >= 11 is 5.09. The van der Waals surface area contributed by atoms with Gasteiger partial charge in [-0.3, -0.25) is 0 Å². The van der Waals surface area contributed by atoms with Gasteiger partial charge in [-0.25, -0.2) is 0 Å². The van der Waals surface area contributed by atoms with Gasteiger partial charge in [-0.15, -0.1) is 0 Å². The Balaban J connectivity index is 1.79. The van der Waals surface area contributed by atoms with Crippen molar-refractivity contribution in [1.29, 1.82) is 0 Å². The van der Waals surface area contributed by atoms with E-state index in [4.69, 9.17) is 22.7 Å². The van der Waals surface area contributed by atoms with Crippen molar-refractivity contribution < 1.29 is 4.74 Å². The summed E-state index contributed by atoms with van der Waals surface area (Å²) in [4.78, 5) is 3.10. The largest absolute Gasteiger partial charge is 0.491 e. The molecule has 0 bridgehead atoms. The summed E-state index contributed by atoms with van der Waals surface area (Å²) in [5.74, 6) is 1.01. The average Bonchev–Trinajstić information content (AvgIpc) is 3.14. The van der Waals surface area contributed by atoms with Crippen molar-refractivity contribution >= 4 is 22.9 Å². The SMILES string of the molecule is NC(=S)CC1(CN2CCCOc3ccccc32)CC1. The van der Waals surface area contributed by atoms with Crippen LogP contribution < -0.4 is 15.4 Å². The lowest BCUT2D eigenvalue weighted by Crippen LogP contribution is -2.33. The normalized spacial score (nSPS) is 20.1. The van der Waals surface area contributed by atoms with Crippen molar-refractivity contribution in [2.24, 2.45) is 11.1 Å². The molecular formula is C15H20N2OS. The molecule has 2 aliphatic rings. The Labute approximate surface area is 119 Å². The van der Waals surface area contributed by atoms with Gasteiger partial charge in [0, 0.05) is 19.5 Å². The van der Waals surface area contributed by atoms with Gasteiger partial charge in [0.2, 0.25) is 0 Å². The third kappa shape index (κ3) is 2.84. The Morgan fingerprint density at radius 2 is 2.16 bits per heavy atom. The van der Waals surface area contributed by atoms with Gasteiger partial charge in [-0.1, -0.05) is 24.4 Å². The number of hydrogen-bond acceptors (Lipinski definition) is 3. The van der Waals surface area contributed by atoms with Crippen LogP contribution in [0.1, 0.15) is 25.7 Å². The van der Waals surface area contributed by atoms with Gasteiger partial charge in [-0.2, -0.15) is 0 Å². The Hall–Kier alpha value is -1.29. The van der Waals surface area contributed by atoms with Crippen LogP contribution in [0.15, 0.2) is 24.3 Å². The molecule has 3 nitrogen and oxygen atoms in total. The van der Waals surface area contributed by atoms with Crippen LogP contribution in [0.2, 0.25) is 0 Å². The second-order valence-corrected chi connectivity index (χ2v) is 6.26. The monoisotopic (exact) mass is 276 g/mol. The van der Waals surface area contributed by atoms with Gasteiger partial charge in [0.25, 0.3) is 0 Å². The molecule has 1 aliphatic heterocycles. The maximum Gasteiger partial charge on any atom is 0.142 e. The lowest BCUT2D eigenvalue weighted by molar-refractivity contribution is 0.322. The fourth-order valence-electron chi connectivity index (χ4n) is 2.90. The maximum atomic E-state index is 5.80. The molecule has 19 heavy (non-hydrogen) atoms. The van der Waals surface area contributed by atoms with Crippen molar-refractivity contribution in [2.45, 2.75) is 25.7 Å². The van der Waals surface area contributed by atoms with Gasteiger partial charge in [-0.05, 0) is 36.8 Å². The van der Waals surface area contributed by atoms with E-state index >= 15 is 0 Å². The molecule has 3 rings (SSSR count). The minimum atomic E-state index is 0.323. The van der Waals surface area contributed by atoms with Crippen LogP contribution in [-0.4, -0.2) is 24.7 Å². The number of ether oxygens (including phenoxy) is 1.